The van der Waals surface area contributed by atoms with Gasteiger partial charge in [0.2, 0.25) is 0 Å². The fourth-order valence-corrected chi connectivity index (χ4v) is 2.98. The number of hydrogen-bond acceptors (Lipinski definition) is 3. The third-order valence-corrected chi connectivity index (χ3v) is 4.11. The highest BCUT2D eigenvalue weighted by Gasteiger charge is 2.35. The molecule has 3 aliphatic heterocycles. The zero-order valence-corrected chi connectivity index (χ0v) is 10.2. The Morgan fingerprint density at radius 3 is 2.56 bits per heavy atom. The molecular formula is C13H17NOS. The van der Waals surface area contributed by atoms with Gasteiger partial charge in [0.1, 0.15) is 11.9 Å². The summed E-state index contributed by atoms with van der Waals surface area (Å²) < 4.78 is 6.10. The van der Waals surface area contributed by atoms with Gasteiger partial charge in [-0.05, 0) is 44.0 Å². The van der Waals surface area contributed by atoms with Crippen molar-refractivity contribution in [3.63, 3.8) is 0 Å². The normalized spacial score (nSPS) is 32.7. The largest absolute Gasteiger partial charge is 0.488 e. The van der Waals surface area contributed by atoms with Gasteiger partial charge in [-0.15, -0.1) is 12.6 Å². The topological polar surface area (TPSA) is 12.5 Å². The number of nitrogens with zero attached hydrogens (tertiary/aromatic N) is 1. The first-order valence-corrected chi connectivity index (χ1v) is 6.44. The van der Waals surface area contributed by atoms with Gasteiger partial charge in [-0.1, -0.05) is 12.1 Å². The average Bonchev–Trinajstić information content (AvgIpc) is 2.34. The lowest BCUT2D eigenvalue weighted by Gasteiger charge is -2.44. The van der Waals surface area contributed by atoms with E-state index in [0.717, 1.165) is 23.1 Å². The molecule has 4 rings (SSSR count). The summed E-state index contributed by atoms with van der Waals surface area (Å²) in [5.41, 5.74) is 0. The summed E-state index contributed by atoms with van der Waals surface area (Å²) in [5, 5.41) is 0. The second-order valence-corrected chi connectivity index (χ2v) is 5.24. The molecule has 0 saturated carbocycles. The minimum absolute atomic E-state index is 0.371. The minimum Gasteiger partial charge on any atom is -0.488 e. The molecule has 3 heterocycles. The van der Waals surface area contributed by atoms with Crippen LogP contribution in [0.5, 0.6) is 5.75 Å². The number of rotatable bonds is 2. The number of piperidine rings is 3. The number of fused-ring (bicyclic) bond motifs is 3. The SMILES string of the molecule is Sc1ccccc1OC1CN2CCC1CC2. The van der Waals surface area contributed by atoms with E-state index in [-0.39, 0.29) is 0 Å². The number of para-hydroxylation sites is 1. The molecule has 0 aliphatic carbocycles. The van der Waals surface area contributed by atoms with E-state index in [1.165, 1.54) is 25.9 Å². The Balaban J connectivity index is 1.73. The summed E-state index contributed by atoms with van der Waals surface area (Å²) in [6.07, 6.45) is 2.95. The number of thiol groups is 1. The van der Waals surface area contributed by atoms with Crippen molar-refractivity contribution in [2.24, 2.45) is 5.92 Å². The molecule has 1 aromatic carbocycles. The first kappa shape index (κ1) is 10.5. The molecule has 0 amide bonds. The highest BCUT2D eigenvalue weighted by molar-refractivity contribution is 7.80. The molecule has 0 aromatic heterocycles. The van der Waals surface area contributed by atoms with E-state index >= 15 is 0 Å². The molecule has 3 saturated heterocycles. The Morgan fingerprint density at radius 1 is 1.19 bits per heavy atom. The Bertz CT molecular complexity index is 374. The van der Waals surface area contributed by atoms with Gasteiger partial charge in [0, 0.05) is 11.4 Å². The Labute approximate surface area is 102 Å². The van der Waals surface area contributed by atoms with Crippen LogP contribution in [0.25, 0.3) is 0 Å². The van der Waals surface area contributed by atoms with Gasteiger partial charge in [0.05, 0.1) is 0 Å². The standard InChI is InChI=1S/C13H17NOS/c16-13-4-2-1-3-11(13)15-12-9-14-7-5-10(12)6-8-14/h1-4,10,12,16H,5-9H2. The smallest absolute Gasteiger partial charge is 0.133 e. The third kappa shape index (κ3) is 1.94. The van der Waals surface area contributed by atoms with Crippen LogP contribution in [0.4, 0.5) is 0 Å². The quantitative estimate of drug-likeness (QED) is 0.791. The van der Waals surface area contributed by atoms with E-state index in [2.05, 4.69) is 17.5 Å². The molecule has 3 aliphatic rings. The molecule has 86 valence electrons. The second-order valence-electron chi connectivity index (χ2n) is 4.76. The monoisotopic (exact) mass is 235 g/mol. The first-order chi connectivity index (χ1) is 7.83. The van der Waals surface area contributed by atoms with Crippen molar-refractivity contribution in [2.45, 2.75) is 23.8 Å². The van der Waals surface area contributed by atoms with E-state index in [4.69, 9.17) is 4.74 Å². The van der Waals surface area contributed by atoms with Crippen molar-refractivity contribution in [2.75, 3.05) is 19.6 Å². The van der Waals surface area contributed by atoms with Crippen LogP contribution in [0.2, 0.25) is 0 Å². The van der Waals surface area contributed by atoms with Gasteiger partial charge in [-0.3, -0.25) is 4.90 Å². The zero-order chi connectivity index (χ0) is 11.0. The molecule has 16 heavy (non-hydrogen) atoms. The average molecular weight is 235 g/mol. The van der Waals surface area contributed by atoms with Crippen LogP contribution in [-0.4, -0.2) is 30.6 Å². The maximum atomic E-state index is 6.10. The predicted octanol–water partition coefficient (Wildman–Crippen LogP) is 2.45. The van der Waals surface area contributed by atoms with Gasteiger partial charge in [-0.2, -0.15) is 0 Å². The Morgan fingerprint density at radius 2 is 1.94 bits per heavy atom. The molecule has 2 bridgehead atoms. The van der Waals surface area contributed by atoms with Crippen LogP contribution in [0.15, 0.2) is 29.2 Å². The molecule has 0 spiro atoms. The maximum Gasteiger partial charge on any atom is 0.133 e. The molecule has 0 N–H and O–H groups in total. The van der Waals surface area contributed by atoms with Gasteiger partial charge in [-0.25, -0.2) is 0 Å². The van der Waals surface area contributed by atoms with Crippen LogP contribution in [0.1, 0.15) is 12.8 Å². The van der Waals surface area contributed by atoms with Gasteiger partial charge >= 0.3 is 0 Å². The Hall–Kier alpha value is -0.670. The molecular weight excluding hydrogens is 218 g/mol. The van der Waals surface area contributed by atoms with Gasteiger partial charge in [0.25, 0.3) is 0 Å². The lowest BCUT2D eigenvalue weighted by molar-refractivity contribution is -0.00904. The summed E-state index contributed by atoms with van der Waals surface area (Å²) in [7, 11) is 0. The number of ether oxygens (including phenoxy) is 1. The van der Waals surface area contributed by atoms with E-state index in [1.807, 2.05) is 24.3 Å². The van der Waals surface area contributed by atoms with Crippen molar-refractivity contribution < 1.29 is 4.74 Å². The molecule has 1 atom stereocenters. The highest BCUT2D eigenvalue weighted by Crippen LogP contribution is 2.32. The van der Waals surface area contributed by atoms with E-state index in [0.29, 0.717) is 6.10 Å². The molecule has 1 aromatic rings. The maximum absolute atomic E-state index is 6.10. The molecule has 2 nitrogen and oxygen atoms in total. The number of hydrogen-bond donors (Lipinski definition) is 1. The van der Waals surface area contributed by atoms with Crippen molar-refractivity contribution in [3.05, 3.63) is 24.3 Å². The van der Waals surface area contributed by atoms with Crippen LogP contribution in [0.3, 0.4) is 0 Å². The van der Waals surface area contributed by atoms with E-state index in [9.17, 15) is 0 Å². The summed E-state index contributed by atoms with van der Waals surface area (Å²) in [6.45, 7) is 3.60. The number of benzene rings is 1. The Kier molecular flexibility index (Phi) is 2.82. The van der Waals surface area contributed by atoms with Crippen LogP contribution < -0.4 is 4.74 Å². The zero-order valence-electron chi connectivity index (χ0n) is 9.30. The van der Waals surface area contributed by atoms with E-state index in [1.54, 1.807) is 0 Å². The summed E-state index contributed by atoms with van der Waals surface area (Å²) >= 11 is 4.43. The predicted molar refractivity (Wildman–Crippen MR) is 67.3 cm³/mol. The molecule has 3 fully saturated rings. The van der Waals surface area contributed by atoms with Gasteiger partial charge in [0.15, 0.2) is 0 Å². The van der Waals surface area contributed by atoms with Crippen molar-refractivity contribution >= 4 is 12.6 Å². The summed E-state index contributed by atoms with van der Waals surface area (Å²) in [4.78, 5) is 3.45. The second kappa shape index (κ2) is 4.30. The lowest BCUT2D eigenvalue weighted by atomic mass is 9.86. The van der Waals surface area contributed by atoms with E-state index < -0.39 is 0 Å². The van der Waals surface area contributed by atoms with Crippen LogP contribution in [-0.2, 0) is 0 Å². The fourth-order valence-electron chi connectivity index (χ4n) is 2.76. The lowest BCUT2D eigenvalue weighted by Crippen LogP contribution is -2.52. The highest BCUT2D eigenvalue weighted by atomic mass is 32.1. The fraction of sp³-hybridized carbons (Fsp3) is 0.538. The van der Waals surface area contributed by atoms with Crippen molar-refractivity contribution in [1.29, 1.82) is 0 Å². The first-order valence-electron chi connectivity index (χ1n) is 6.00. The molecule has 0 radical (unpaired) electrons. The summed E-state index contributed by atoms with van der Waals surface area (Å²) in [5.74, 6) is 1.68. The van der Waals surface area contributed by atoms with Gasteiger partial charge < -0.3 is 4.74 Å². The minimum atomic E-state index is 0.371. The summed E-state index contributed by atoms with van der Waals surface area (Å²) in [6, 6.07) is 8.00. The van der Waals surface area contributed by atoms with Crippen molar-refractivity contribution in [3.8, 4) is 5.75 Å². The van der Waals surface area contributed by atoms with Crippen molar-refractivity contribution in [1.82, 2.24) is 4.90 Å². The third-order valence-electron chi connectivity index (χ3n) is 3.74. The molecule has 3 heteroatoms. The van der Waals surface area contributed by atoms with Crippen LogP contribution >= 0.6 is 12.6 Å². The molecule has 1 unspecified atom stereocenters. The van der Waals surface area contributed by atoms with Crippen LogP contribution in [0, 0.1) is 5.92 Å².